The third kappa shape index (κ3) is 3.58. The lowest BCUT2D eigenvalue weighted by Crippen LogP contribution is -2.59. The molecule has 16 heavy (non-hydrogen) atoms. The largest absolute Gasteiger partial charge is 0.379 e. The van der Waals surface area contributed by atoms with Crippen molar-refractivity contribution in [2.45, 2.75) is 45.2 Å². The molecule has 1 saturated heterocycles. The van der Waals surface area contributed by atoms with Gasteiger partial charge in [-0.25, -0.2) is 0 Å². The third-order valence-corrected chi connectivity index (χ3v) is 3.62. The van der Waals surface area contributed by atoms with Crippen LogP contribution in [-0.4, -0.2) is 42.8 Å². The van der Waals surface area contributed by atoms with Crippen molar-refractivity contribution in [1.29, 1.82) is 0 Å². The number of nitrogens with zero attached hydrogens (tertiary/aromatic N) is 1. The molecule has 1 rings (SSSR count). The molecule has 0 bridgehead atoms. The van der Waals surface area contributed by atoms with Gasteiger partial charge in [0.15, 0.2) is 0 Å². The number of ether oxygens (including phenoxy) is 1. The van der Waals surface area contributed by atoms with E-state index in [1.165, 1.54) is 5.57 Å². The molecule has 1 unspecified atom stereocenters. The number of morpholine rings is 1. The lowest BCUT2D eigenvalue weighted by Gasteiger charge is -2.44. The molecule has 0 spiro atoms. The minimum absolute atomic E-state index is 0.0548. The molecule has 1 heterocycles. The highest BCUT2D eigenvalue weighted by atomic mass is 16.5. The van der Waals surface area contributed by atoms with Crippen LogP contribution in [0.2, 0.25) is 0 Å². The molecule has 1 aliphatic rings. The number of nitrogens with two attached hydrogens (primary N) is 1. The van der Waals surface area contributed by atoms with E-state index in [1.807, 2.05) is 0 Å². The van der Waals surface area contributed by atoms with E-state index in [0.29, 0.717) is 0 Å². The Morgan fingerprint density at radius 1 is 1.44 bits per heavy atom. The standard InChI is InChI=1S/C13H26N2O/c1-11(2)5-6-12(14)13(3,4)15-7-9-16-10-8-15/h12H,1,5-10,14H2,2-4H3. The first kappa shape index (κ1) is 13.7. The molecule has 3 nitrogen and oxygen atoms in total. The van der Waals surface area contributed by atoms with Crippen LogP contribution in [0.3, 0.4) is 0 Å². The summed E-state index contributed by atoms with van der Waals surface area (Å²) in [5.74, 6) is 0. The molecular weight excluding hydrogens is 200 g/mol. The maximum Gasteiger partial charge on any atom is 0.0594 e. The molecule has 0 aromatic heterocycles. The fourth-order valence-corrected chi connectivity index (χ4v) is 2.13. The fourth-order valence-electron chi connectivity index (χ4n) is 2.13. The Hall–Kier alpha value is -0.380. The van der Waals surface area contributed by atoms with E-state index in [-0.39, 0.29) is 11.6 Å². The zero-order valence-corrected chi connectivity index (χ0v) is 11.0. The fraction of sp³-hybridized carbons (Fsp3) is 0.846. The molecule has 94 valence electrons. The molecule has 1 fully saturated rings. The Morgan fingerprint density at radius 2 is 2.00 bits per heavy atom. The molecule has 0 amide bonds. The maximum absolute atomic E-state index is 6.31. The number of hydrogen-bond donors (Lipinski definition) is 1. The first-order chi connectivity index (χ1) is 7.44. The lowest BCUT2D eigenvalue weighted by atomic mass is 9.88. The third-order valence-electron chi connectivity index (χ3n) is 3.62. The van der Waals surface area contributed by atoms with E-state index in [0.717, 1.165) is 39.1 Å². The summed E-state index contributed by atoms with van der Waals surface area (Å²) < 4.78 is 5.38. The highest BCUT2D eigenvalue weighted by Gasteiger charge is 2.33. The van der Waals surface area contributed by atoms with Gasteiger partial charge in [0.2, 0.25) is 0 Å². The highest BCUT2D eigenvalue weighted by Crippen LogP contribution is 2.22. The number of hydrogen-bond acceptors (Lipinski definition) is 3. The van der Waals surface area contributed by atoms with Crippen molar-refractivity contribution >= 4 is 0 Å². The first-order valence-corrected chi connectivity index (χ1v) is 6.17. The van der Waals surface area contributed by atoms with E-state index in [9.17, 15) is 0 Å². The van der Waals surface area contributed by atoms with Gasteiger partial charge in [0.05, 0.1) is 13.2 Å². The van der Waals surface area contributed by atoms with E-state index in [1.54, 1.807) is 0 Å². The summed E-state index contributed by atoms with van der Waals surface area (Å²) in [5.41, 5.74) is 7.58. The Morgan fingerprint density at radius 3 is 2.50 bits per heavy atom. The van der Waals surface area contributed by atoms with Gasteiger partial charge < -0.3 is 10.5 Å². The second kappa shape index (κ2) is 5.80. The Balaban J connectivity index is 2.49. The van der Waals surface area contributed by atoms with Crippen molar-refractivity contribution in [2.75, 3.05) is 26.3 Å². The van der Waals surface area contributed by atoms with Crippen LogP contribution in [0.15, 0.2) is 12.2 Å². The minimum atomic E-state index is 0.0548. The molecule has 0 aromatic carbocycles. The van der Waals surface area contributed by atoms with Crippen LogP contribution < -0.4 is 5.73 Å². The average molecular weight is 226 g/mol. The summed E-state index contributed by atoms with van der Waals surface area (Å²) in [7, 11) is 0. The van der Waals surface area contributed by atoms with Crippen LogP contribution in [0.4, 0.5) is 0 Å². The monoisotopic (exact) mass is 226 g/mol. The molecule has 1 aliphatic heterocycles. The Kier molecular flexibility index (Phi) is 4.96. The zero-order chi connectivity index (χ0) is 12.2. The first-order valence-electron chi connectivity index (χ1n) is 6.17. The van der Waals surface area contributed by atoms with E-state index in [4.69, 9.17) is 10.5 Å². The van der Waals surface area contributed by atoms with Gasteiger partial charge in [-0.3, -0.25) is 4.90 Å². The van der Waals surface area contributed by atoms with Gasteiger partial charge in [0.25, 0.3) is 0 Å². The molecule has 0 aromatic rings. The SMILES string of the molecule is C=C(C)CCC(N)C(C)(C)N1CCOCC1. The molecule has 1 atom stereocenters. The molecular formula is C13H26N2O. The van der Waals surface area contributed by atoms with Crippen molar-refractivity contribution in [3.05, 3.63) is 12.2 Å². The topological polar surface area (TPSA) is 38.5 Å². The minimum Gasteiger partial charge on any atom is -0.379 e. The molecule has 0 radical (unpaired) electrons. The van der Waals surface area contributed by atoms with Crippen molar-refractivity contribution in [3.8, 4) is 0 Å². The predicted octanol–water partition coefficient (Wildman–Crippen LogP) is 1.78. The molecule has 3 heteroatoms. The van der Waals surface area contributed by atoms with E-state index < -0.39 is 0 Å². The van der Waals surface area contributed by atoms with Crippen molar-refractivity contribution in [3.63, 3.8) is 0 Å². The van der Waals surface area contributed by atoms with E-state index >= 15 is 0 Å². The highest BCUT2D eigenvalue weighted by molar-refractivity contribution is 4.96. The Bertz CT molecular complexity index is 232. The smallest absolute Gasteiger partial charge is 0.0594 e. The van der Waals surface area contributed by atoms with Gasteiger partial charge in [0.1, 0.15) is 0 Å². The van der Waals surface area contributed by atoms with Crippen LogP contribution in [0.25, 0.3) is 0 Å². The molecule has 2 N–H and O–H groups in total. The lowest BCUT2D eigenvalue weighted by molar-refractivity contribution is -0.0194. The van der Waals surface area contributed by atoms with Crippen molar-refractivity contribution < 1.29 is 4.74 Å². The average Bonchev–Trinajstić information content (AvgIpc) is 2.27. The summed E-state index contributed by atoms with van der Waals surface area (Å²) in [4.78, 5) is 2.44. The normalized spacial score (nSPS) is 20.8. The van der Waals surface area contributed by atoms with Crippen molar-refractivity contribution in [2.24, 2.45) is 5.73 Å². The molecule has 0 saturated carbocycles. The van der Waals surface area contributed by atoms with Crippen molar-refractivity contribution in [1.82, 2.24) is 4.90 Å². The van der Waals surface area contributed by atoms with Gasteiger partial charge >= 0.3 is 0 Å². The summed E-state index contributed by atoms with van der Waals surface area (Å²) >= 11 is 0. The predicted molar refractivity (Wildman–Crippen MR) is 68.5 cm³/mol. The van der Waals surface area contributed by atoms with Crippen LogP contribution in [0.1, 0.15) is 33.6 Å². The second-order valence-electron chi connectivity index (χ2n) is 5.36. The van der Waals surface area contributed by atoms with Crippen LogP contribution in [0.5, 0.6) is 0 Å². The van der Waals surface area contributed by atoms with Gasteiger partial charge in [0, 0.05) is 24.7 Å². The maximum atomic E-state index is 6.31. The number of rotatable bonds is 5. The van der Waals surface area contributed by atoms with Gasteiger partial charge in [-0.2, -0.15) is 0 Å². The van der Waals surface area contributed by atoms with Crippen LogP contribution >= 0.6 is 0 Å². The number of allylic oxidation sites excluding steroid dienone is 1. The second-order valence-corrected chi connectivity index (χ2v) is 5.36. The van der Waals surface area contributed by atoms with Crippen LogP contribution in [0, 0.1) is 0 Å². The molecule has 0 aliphatic carbocycles. The summed E-state index contributed by atoms with van der Waals surface area (Å²) in [6.07, 6.45) is 2.04. The quantitative estimate of drug-likeness (QED) is 0.726. The van der Waals surface area contributed by atoms with Gasteiger partial charge in [-0.15, -0.1) is 6.58 Å². The summed E-state index contributed by atoms with van der Waals surface area (Å²) in [6, 6.07) is 0.197. The Labute approximate surface area is 99.6 Å². The van der Waals surface area contributed by atoms with E-state index in [2.05, 4.69) is 32.3 Å². The van der Waals surface area contributed by atoms with Gasteiger partial charge in [-0.05, 0) is 33.6 Å². The van der Waals surface area contributed by atoms with Crippen LogP contribution in [-0.2, 0) is 4.74 Å². The van der Waals surface area contributed by atoms with Gasteiger partial charge in [-0.1, -0.05) is 5.57 Å². The zero-order valence-electron chi connectivity index (χ0n) is 11.0. The summed E-state index contributed by atoms with van der Waals surface area (Å²) in [6.45, 7) is 14.1. The summed E-state index contributed by atoms with van der Waals surface area (Å²) in [5, 5.41) is 0.